The second-order valence-electron chi connectivity index (χ2n) is 3.93. The third-order valence-electron chi connectivity index (χ3n) is 2.64. The summed E-state index contributed by atoms with van der Waals surface area (Å²) >= 11 is 3.41. The van der Waals surface area contributed by atoms with Crippen molar-refractivity contribution < 1.29 is 9.53 Å². The molecule has 1 saturated carbocycles. The Morgan fingerprint density at radius 2 is 2.27 bits per heavy atom. The zero-order valence-electron chi connectivity index (χ0n) is 8.63. The molecule has 0 spiro atoms. The SMILES string of the molecule is Cc1ccc(Br)cc1OC1CCC(=O)C1. The first-order chi connectivity index (χ1) is 7.15. The van der Waals surface area contributed by atoms with Gasteiger partial charge in [0.25, 0.3) is 0 Å². The molecular formula is C12H13BrO2. The van der Waals surface area contributed by atoms with E-state index in [1.807, 2.05) is 25.1 Å². The topological polar surface area (TPSA) is 26.3 Å². The number of hydrogen-bond acceptors (Lipinski definition) is 2. The van der Waals surface area contributed by atoms with Crippen molar-refractivity contribution in [3.8, 4) is 5.75 Å². The number of hydrogen-bond donors (Lipinski definition) is 0. The zero-order valence-corrected chi connectivity index (χ0v) is 10.2. The summed E-state index contributed by atoms with van der Waals surface area (Å²) in [5.41, 5.74) is 1.11. The van der Waals surface area contributed by atoms with E-state index in [9.17, 15) is 4.79 Å². The Morgan fingerprint density at radius 1 is 1.47 bits per heavy atom. The van der Waals surface area contributed by atoms with Gasteiger partial charge in [-0.3, -0.25) is 4.79 Å². The highest BCUT2D eigenvalue weighted by Gasteiger charge is 2.23. The highest BCUT2D eigenvalue weighted by atomic mass is 79.9. The minimum atomic E-state index is 0.0745. The summed E-state index contributed by atoms with van der Waals surface area (Å²) in [6, 6.07) is 5.95. The summed E-state index contributed by atoms with van der Waals surface area (Å²) in [4.78, 5) is 11.1. The third kappa shape index (κ3) is 2.59. The summed E-state index contributed by atoms with van der Waals surface area (Å²) in [5.74, 6) is 1.19. The Morgan fingerprint density at radius 3 is 2.93 bits per heavy atom. The van der Waals surface area contributed by atoms with Crippen LogP contribution in [0.4, 0.5) is 0 Å². The van der Waals surface area contributed by atoms with Crippen molar-refractivity contribution in [3.05, 3.63) is 28.2 Å². The van der Waals surface area contributed by atoms with Crippen molar-refractivity contribution in [2.75, 3.05) is 0 Å². The van der Waals surface area contributed by atoms with E-state index in [4.69, 9.17) is 4.74 Å². The predicted molar refractivity (Wildman–Crippen MR) is 62.2 cm³/mol. The first-order valence-electron chi connectivity index (χ1n) is 5.09. The molecule has 15 heavy (non-hydrogen) atoms. The van der Waals surface area contributed by atoms with Crippen LogP contribution in [0.3, 0.4) is 0 Å². The predicted octanol–water partition coefficient (Wildman–Crippen LogP) is 3.26. The molecule has 0 bridgehead atoms. The fraction of sp³-hybridized carbons (Fsp3) is 0.417. The van der Waals surface area contributed by atoms with Gasteiger partial charge in [0.15, 0.2) is 0 Å². The number of ketones is 1. The van der Waals surface area contributed by atoms with Crippen LogP contribution in [0.15, 0.2) is 22.7 Å². The van der Waals surface area contributed by atoms with Crippen LogP contribution in [-0.4, -0.2) is 11.9 Å². The Bertz CT molecular complexity index is 387. The van der Waals surface area contributed by atoms with Gasteiger partial charge in [0.1, 0.15) is 17.6 Å². The van der Waals surface area contributed by atoms with Crippen LogP contribution in [0, 0.1) is 6.92 Å². The summed E-state index contributed by atoms with van der Waals surface area (Å²) in [6.45, 7) is 2.01. The average Bonchev–Trinajstić information content (AvgIpc) is 2.58. The molecule has 0 heterocycles. The molecule has 1 aliphatic rings. The summed E-state index contributed by atoms with van der Waals surface area (Å²) in [6.07, 6.45) is 2.15. The van der Waals surface area contributed by atoms with Crippen LogP contribution in [0.1, 0.15) is 24.8 Å². The number of ether oxygens (including phenoxy) is 1. The fourth-order valence-electron chi connectivity index (χ4n) is 1.76. The van der Waals surface area contributed by atoms with Gasteiger partial charge in [0, 0.05) is 17.3 Å². The zero-order chi connectivity index (χ0) is 10.8. The normalized spacial score (nSPS) is 20.7. The van der Waals surface area contributed by atoms with Gasteiger partial charge in [-0.2, -0.15) is 0 Å². The molecule has 0 amide bonds. The summed E-state index contributed by atoms with van der Waals surface area (Å²) in [5, 5.41) is 0. The number of aryl methyl sites for hydroxylation is 1. The minimum absolute atomic E-state index is 0.0745. The van der Waals surface area contributed by atoms with Crippen LogP contribution in [0.5, 0.6) is 5.75 Å². The maximum absolute atomic E-state index is 11.1. The maximum Gasteiger partial charge on any atom is 0.136 e. The number of rotatable bonds is 2. The molecule has 0 aliphatic heterocycles. The third-order valence-corrected chi connectivity index (χ3v) is 3.14. The maximum atomic E-state index is 11.1. The van der Waals surface area contributed by atoms with E-state index in [1.165, 1.54) is 0 Å². The molecule has 1 aliphatic carbocycles. The molecule has 0 aromatic heterocycles. The van der Waals surface area contributed by atoms with Crippen LogP contribution in [-0.2, 0) is 4.79 Å². The van der Waals surface area contributed by atoms with Gasteiger partial charge in [-0.15, -0.1) is 0 Å². The highest BCUT2D eigenvalue weighted by Crippen LogP contribution is 2.27. The van der Waals surface area contributed by atoms with Gasteiger partial charge in [-0.1, -0.05) is 22.0 Å². The lowest BCUT2D eigenvalue weighted by atomic mass is 10.2. The van der Waals surface area contributed by atoms with Gasteiger partial charge in [0.2, 0.25) is 0 Å². The van der Waals surface area contributed by atoms with E-state index in [-0.39, 0.29) is 6.10 Å². The smallest absolute Gasteiger partial charge is 0.136 e. The highest BCUT2D eigenvalue weighted by molar-refractivity contribution is 9.10. The molecule has 1 aromatic carbocycles. The number of benzene rings is 1. The fourth-order valence-corrected chi connectivity index (χ4v) is 2.10. The van der Waals surface area contributed by atoms with Crippen molar-refractivity contribution >= 4 is 21.7 Å². The monoisotopic (exact) mass is 268 g/mol. The molecule has 3 heteroatoms. The van der Waals surface area contributed by atoms with E-state index in [1.54, 1.807) is 0 Å². The van der Waals surface area contributed by atoms with Crippen LogP contribution < -0.4 is 4.74 Å². The van der Waals surface area contributed by atoms with Crippen LogP contribution in [0.2, 0.25) is 0 Å². The molecule has 80 valence electrons. The van der Waals surface area contributed by atoms with Crippen LogP contribution in [0.25, 0.3) is 0 Å². The number of carbonyl (C=O) groups is 1. The van der Waals surface area contributed by atoms with Crippen molar-refractivity contribution in [1.82, 2.24) is 0 Å². The molecule has 1 unspecified atom stereocenters. The first-order valence-corrected chi connectivity index (χ1v) is 5.89. The summed E-state index contributed by atoms with van der Waals surface area (Å²) < 4.78 is 6.81. The Balaban J connectivity index is 2.10. The molecule has 0 N–H and O–H groups in total. The molecule has 1 aromatic rings. The van der Waals surface area contributed by atoms with Crippen molar-refractivity contribution in [2.24, 2.45) is 0 Å². The van der Waals surface area contributed by atoms with Gasteiger partial charge in [0.05, 0.1) is 0 Å². The Hall–Kier alpha value is -0.830. The van der Waals surface area contributed by atoms with Gasteiger partial charge >= 0.3 is 0 Å². The van der Waals surface area contributed by atoms with Crippen molar-refractivity contribution in [2.45, 2.75) is 32.3 Å². The number of halogens is 1. The first kappa shape index (κ1) is 10.7. The Kier molecular flexibility index (Phi) is 3.10. The quantitative estimate of drug-likeness (QED) is 0.823. The van der Waals surface area contributed by atoms with E-state index in [2.05, 4.69) is 15.9 Å². The molecule has 0 radical (unpaired) electrons. The standard InChI is InChI=1S/C12H13BrO2/c1-8-2-3-9(13)6-12(8)15-11-5-4-10(14)7-11/h2-3,6,11H,4-5,7H2,1H3. The minimum Gasteiger partial charge on any atom is -0.490 e. The average molecular weight is 269 g/mol. The van der Waals surface area contributed by atoms with Crippen molar-refractivity contribution in [3.63, 3.8) is 0 Å². The lowest BCUT2D eigenvalue weighted by molar-refractivity contribution is -0.117. The second-order valence-corrected chi connectivity index (χ2v) is 4.85. The van der Waals surface area contributed by atoms with E-state index >= 15 is 0 Å². The number of Topliss-reactive ketones (excluding diaryl/α,β-unsaturated/α-hetero) is 1. The lowest BCUT2D eigenvalue weighted by Gasteiger charge is -2.14. The molecule has 0 saturated heterocycles. The Labute approximate surface area is 97.8 Å². The molecule has 2 nitrogen and oxygen atoms in total. The molecule has 1 fully saturated rings. The van der Waals surface area contributed by atoms with E-state index < -0.39 is 0 Å². The summed E-state index contributed by atoms with van der Waals surface area (Å²) in [7, 11) is 0. The van der Waals surface area contributed by atoms with E-state index in [0.29, 0.717) is 18.6 Å². The number of carbonyl (C=O) groups excluding carboxylic acids is 1. The van der Waals surface area contributed by atoms with Gasteiger partial charge in [-0.25, -0.2) is 0 Å². The molecule has 1 atom stereocenters. The van der Waals surface area contributed by atoms with Crippen LogP contribution >= 0.6 is 15.9 Å². The van der Waals surface area contributed by atoms with E-state index in [0.717, 1.165) is 22.2 Å². The largest absolute Gasteiger partial charge is 0.490 e. The molecular weight excluding hydrogens is 256 g/mol. The lowest BCUT2D eigenvalue weighted by Crippen LogP contribution is -2.12. The van der Waals surface area contributed by atoms with Gasteiger partial charge < -0.3 is 4.74 Å². The molecule has 2 rings (SSSR count). The van der Waals surface area contributed by atoms with Gasteiger partial charge in [-0.05, 0) is 31.0 Å². The second kappa shape index (κ2) is 4.35. The van der Waals surface area contributed by atoms with Crippen molar-refractivity contribution in [1.29, 1.82) is 0 Å².